The van der Waals surface area contributed by atoms with Crippen LogP contribution in [0, 0.1) is 5.92 Å². The second kappa shape index (κ2) is 25.1. The lowest BCUT2D eigenvalue weighted by Crippen LogP contribution is -2.55. The Hall–Kier alpha value is -5.99. The molecule has 5 atom stereocenters. The van der Waals surface area contributed by atoms with Crippen molar-refractivity contribution in [1.82, 2.24) is 31.9 Å². The van der Waals surface area contributed by atoms with Gasteiger partial charge in [-0.1, -0.05) is 50.6 Å². The highest BCUT2D eigenvalue weighted by molar-refractivity contribution is 5.94. The number of hydrogen-bond donors (Lipinski definition) is 12. The van der Waals surface area contributed by atoms with Crippen LogP contribution in [0.5, 0.6) is 0 Å². The molecule has 300 valence electrons. The SMILES string of the molecule is CC[C@H](C)[C@H](NC(=O)CNC(=O)[C@H](CCCN=C(N)N)NC(=O)CNC(=O)[C@@H](N)CCCN=C(N)N)C(=O)NCC(=O)N[C@@H](Cc1ccccc1)C(=O)O. The van der Waals surface area contributed by atoms with Crippen molar-refractivity contribution in [3.05, 3.63) is 35.9 Å². The molecule has 0 aliphatic heterocycles. The highest BCUT2D eigenvalue weighted by atomic mass is 16.4. The second-order valence-electron chi connectivity index (χ2n) is 12.4. The van der Waals surface area contributed by atoms with Gasteiger partial charge >= 0.3 is 5.97 Å². The van der Waals surface area contributed by atoms with Gasteiger partial charge in [-0.15, -0.1) is 0 Å². The third-order valence-electron chi connectivity index (χ3n) is 7.90. The fourth-order valence-electron chi connectivity index (χ4n) is 4.76. The van der Waals surface area contributed by atoms with E-state index in [2.05, 4.69) is 41.9 Å². The van der Waals surface area contributed by atoms with Gasteiger partial charge < -0.3 is 65.7 Å². The molecule has 0 aliphatic carbocycles. The van der Waals surface area contributed by atoms with E-state index in [-0.39, 0.29) is 50.7 Å². The summed E-state index contributed by atoms with van der Waals surface area (Å²) in [6.07, 6.45) is 1.48. The van der Waals surface area contributed by atoms with E-state index in [1.807, 2.05) is 0 Å². The molecule has 0 radical (unpaired) electrons. The normalized spacial score (nSPS) is 13.3. The average molecular weight is 762 g/mol. The molecule has 21 nitrogen and oxygen atoms in total. The quantitative estimate of drug-likeness (QED) is 0.0255. The van der Waals surface area contributed by atoms with Crippen molar-refractivity contribution in [3.63, 3.8) is 0 Å². The van der Waals surface area contributed by atoms with E-state index < -0.39 is 91.1 Å². The topological polar surface area (TPSA) is 367 Å². The van der Waals surface area contributed by atoms with Gasteiger partial charge in [0.05, 0.1) is 25.7 Å². The minimum absolute atomic E-state index is 0.0306. The maximum absolute atomic E-state index is 13.1. The van der Waals surface area contributed by atoms with Crippen LogP contribution in [0.4, 0.5) is 0 Å². The fourth-order valence-corrected chi connectivity index (χ4v) is 4.76. The standard InChI is InChI=1S/C33H55N13O8/c1-3-19(2)27(30(52)43-17-25(48)45-23(31(53)54)15-20-9-5-4-6-10-20)46-26(49)18-42-29(51)22(12-8-14-40-33(37)38)44-24(47)16-41-28(50)21(34)11-7-13-39-32(35)36/h4-6,9-10,19,21-23,27H,3,7-8,11-18,34H2,1-2H3,(H,41,50)(H,42,51)(H,43,52)(H,44,47)(H,45,48)(H,46,49)(H,53,54)(H4,35,36,39)(H4,37,38,40)/t19-,21-,22-,23-,27-/m0/s1. The Morgan fingerprint density at radius 1 is 0.685 bits per heavy atom. The van der Waals surface area contributed by atoms with Gasteiger partial charge in [-0.05, 0) is 37.2 Å². The summed E-state index contributed by atoms with van der Waals surface area (Å²) in [5.41, 5.74) is 27.8. The van der Waals surface area contributed by atoms with Gasteiger partial charge in [-0.25, -0.2) is 4.79 Å². The third-order valence-corrected chi connectivity index (χ3v) is 7.90. The van der Waals surface area contributed by atoms with Crippen molar-refractivity contribution in [2.24, 2.45) is 44.6 Å². The number of hydrogen-bond acceptors (Lipinski definition) is 10. The monoisotopic (exact) mass is 761 g/mol. The number of nitrogens with two attached hydrogens (primary N) is 5. The Kier molecular flexibility index (Phi) is 21.4. The molecule has 0 heterocycles. The van der Waals surface area contributed by atoms with E-state index in [0.29, 0.717) is 18.4 Å². The van der Waals surface area contributed by atoms with Crippen LogP contribution in [0.1, 0.15) is 51.5 Å². The first-order chi connectivity index (χ1) is 25.5. The number of guanidine groups is 2. The molecule has 54 heavy (non-hydrogen) atoms. The first-order valence-electron chi connectivity index (χ1n) is 17.4. The Labute approximate surface area is 313 Å². The number of carboxylic acids is 1. The van der Waals surface area contributed by atoms with E-state index in [9.17, 15) is 38.7 Å². The van der Waals surface area contributed by atoms with Crippen LogP contribution in [0.25, 0.3) is 0 Å². The molecule has 21 heteroatoms. The molecule has 0 spiro atoms. The highest BCUT2D eigenvalue weighted by Gasteiger charge is 2.28. The van der Waals surface area contributed by atoms with Crippen molar-refractivity contribution in [2.75, 3.05) is 32.7 Å². The van der Waals surface area contributed by atoms with E-state index >= 15 is 0 Å². The Morgan fingerprint density at radius 2 is 1.17 bits per heavy atom. The van der Waals surface area contributed by atoms with Crippen LogP contribution < -0.4 is 60.6 Å². The first kappa shape index (κ1) is 46.0. The summed E-state index contributed by atoms with van der Waals surface area (Å²) in [5, 5.41) is 24.2. The third kappa shape index (κ3) is 19.6. The fraction of sp³-hybridized carbons (Fsp3) is 0.545. The number of nitrogens with one attached hydrogen (secondary N) is 6. The molecule has 6 amide bonds. The summed E-state index contributed by atoms with van der Waals surface area (Å²) in [6, 6.07) is 4.26. The number of aliphatic carboxylic acids is 1. The number of aliphatic imine (C=N–C) groups is 2. The number of carbonyl (C=O) groups excluding carboxylic acids is 6. The van der Waals surface area contributed by atoms with Crippen LogP contribution in [-0.4, -0.2) is 115 Å². The predicted molar refractivity (Wildman–Crippen MR) is 200 cm³/mol. The average Bonchev–Trinajstić information content (AvgIpc) is 3.13. The van der Waals surface area contributed by atoms with Crippen LogP contribution in [0.2, 0.25) is 0 Å². The zero-order valence-corrected chi connectivity index (χ0v) is 30.6. The number of carboxylic acid groups (broad SMARTS) is 1. The molecule has 0 aliphatic rings. The van der Waals surface area contributed by atoms with Crippen molar-refractivity contribution in [2.45, 2.75) is 76.5 Å². The van der Waals surface area contributed by atoms with Crippen LogP contribution in [-0.2, 0) is 40.0 Å². The highest BCUT2D eigenvalue weighted by Crippen LogP contribution is 2.08. The number of benzene rings is 1. The summed E-state index contributed by atoms with van der Waals surface area (Å²) in [4.78, 5) is 96.0. The van der Waals surface area contributed by atoms with E-state index in [4.69, 9.17) is 28.7 Å². The Balaban J connectivity index is 2.77. The van der Waals surface area contributed by atoms with Crippen LogP contribution in [0.3, 0.4) is 0 Å². The van der Waals surface area contributed by atoms with Crippen molar-refractivity contribution in [1.29, 1.82) is 0 Å². The zero-order chi connectivity index (χ0) is 40.6. The summed E-state index contributed by atoms with van der Waals surface area (Å²) in [7, 11) is 0. The lowest BCUT2D eigenvalue weighted by Gasteiger charge is -2.24. The van der Waals surface area contributed by atoms with Gasteiger partial charge in [-0.3, -0.25) is 38.8 Å². The first-order valence-corrected chi connectivity index (χ1v) is 17.4. The van der Waals surface area contributed by atoms with Gasteiger partial charge in [0.1, 0.15) is 18.1 Å². The molecule has 1 rings (SSSR count). The lowest BCUT2D eigenvalue weighted by atomic mass is 9.98. The van der Waals surface area contributed by atoms with Crippen LogP contribution >= 0.6 is 0 Å². The second-order valence-corrected chi connectivity index (χ2v) is 12.4. The molecule has 0 unspecified atom stereocenters. The lowest BCUT2D eigenvalue weighted by molar-refractivity contribution is -0.141. The molecule has 0 saturated carbocycles. The minimum atomic E-state index is -1.25. The Morgan fingerprint density at radius 3 is 1.69 bits per heavy atom. The summed E-state index contributed by atoms with van der Waals surface area (Å²) >= 11 is 0. The molecule has 17 N–H and O–H groups in total. The number of rotatable bonds is 25. The summed E-state index contributed by atoms with van der Waals surface area (Å²) in [6.45, 7) is 2.27. The smallest absolute Gasteiger partial charge is 0.326 e. The molecular formula is C33H55N13O8. The van der Waals surface area contributed by atoms with Crippen molar-refractivity contribution in [3.8, 4) is 0 Å². The number of amides is 6. The van der Waals surface area contributed by atoms with Gasteiger partial charge in [0, 0.05) is 19.5 Å². The molecular weight excluding hydrogens is 706 g/mol. The summed E-state index contributed by atoms with van der Waals surface area (Å²) in [5.74, 6) is -6.15. The van der Waals surface area contributed by atoms with Gasteiger partial charge in [0.2, 0.25) is 35.4 Å². The maximum atomic E-state index is 13.1. The van der Waals surface area contributed by atoms with E-state index in [1.54, 1.807) is 44.2 Å². The zero-order valence-electron chi connectivity index (χ0n) is 30.6. The molecule has 0 saturated heterocycles. The number of nitrogens with zero attached hydrogens (tertiary/aromatic N) is 2. The van der Waals surface area contributed by atoms with Crippen LogP contribution in [0.15, 0.2) is 40.3 Å². The predicted octanol–water partition coefficient (Wildman–Crippen LogP) is -4.40. The van der Waals surface area contributed by atoms with Crippen molar-refractivity contribution >= 4 is 53.3 Å². The summed E-state index contributed by atoms with van der Waals surface area (Å²) < 4.78 is 0. The number of carbonyl (C=O) groups is 7. The largest absolute Gasteiger partial charge is 0.480 e. The van der Waals surface area contributed by atoms with Crippen molar-refractivity contribution < 1.29 is 38.7 Å². The van der Waals surface area contributed by atoms with E-state index in [0.717, 1.165) is 0 Å². The molecule has 0 aromatic heterocycles. The van der Waals surface area contributed by atoms with E-state index in [1.165, 1.54) is 0 Å². The van der Waals surface area contributed by atoms with Gasteiger partial charge in [-0.2, -0.15) is 0 Å². The minimum Gasteiger partial charge on any atom is -0.480 e. The Bertz CT molecular complexity index is 1470. The maximum Gasteiger partial charge on any atom is 0.326 e. The molecule has 0 bridgehead atoms. The molecule has 0 fully saturated rings. The molecule has 1 aromatic rings. The molecule has 1 aromatic carbocycles. The van der Waals surface area contributed by atoms with Gasteiger partial charge in [0.15, 0.2) is 11.9 Å². The van der Waals surface area contributed by atoms with Gasteiger partial charge in [0.25, 0.3) is 0 Å².